The van der Waals surface area contributed by atoms with Crippen LogP contribution in [0.1, 0.15) is 0 Å². The normalized spacial score (nSPS) is 18.0. The predicted octanol–water partition coefficient (Wildman–Crippen LogP) is 2.83. The SMILES string of the molecule is COc1ccc2c(N)c3cc4c(cc3nc2c1)[Si](C)(C)O[Si]4(C)C. The van der Waals surface area contributed by atoms with Gasteiger partial charge in [-0.2, -0.15) is 0 Å². The zero-order valence-corrected chi connectivity index (χ0v) is 16.7. The van der Waals surface area contributed by atoms with E-state index in [2.05, 4.69) is 38.3 Å². The van der Waals surface area contributed by atoms with Crippen molar-refractivity contribution < 1.29 is 8.85 Å². The van der Waals surface area contributed by atoms with Crippen LogP contribution in [0.2, 0.25) is 26.2 Å². The number of pyridine rings is 1. The van der Waals surface area contributed by atoms with Gasteiger partial charge in [0.05, 0.1) is 23.8 Å². The smallest absolute Gasteiger partial charge is 0.206 e. The van der Waals surface area contributed by atoms with Crippen LogP contribution in [-0.2, 0) is 4.12 Å². The van der Waals surface area contributed by atoms with Gasteiger partial charge in [0.2, 0.25) is 16.6 Å². The third-order valence-electron chi connectivity index (χ3n) is 4.97. The number of ether oxygens (including phenoxy) is 1. The summed E-state index contributed by atoms with van der Waals surface area (Å²) in [5.74, 6) is 0.793. The largest absolute Gasteiger partial charge is 0.497 e. The van der Waals surface area contributed by atoms with Crippen molar-refractivity contribution >= 4 is 54.5 Å². The Morgan fingerprint density at radius 3 is 2.21 bits per heavy atom. The molecule has 1 aliphatic rings. The quantitative estimate of drug-likeness (QED) is 0.539. The molecule has 2 N–H and O–H groups in total. The van der Waals surface area contributed by atoms with Crippen molar-refractivity contribution in [2.45, 2.75) is 26.2 Å². The van der Waals surface area contributed by atoms with Crippen molar-refractivity contribution in [3.63, 3.8) is 0 Å². The maximum Gasteiger partial charge on any atom is 0.206 e. The lowest BCUT2D eigenvalue weighted by molar-refractivity contribution is 0.415. The monoisotopic (exact) mass is 354 g/mol. The minimum atomic E-state index is -1.86. The highest BCUT2D eigenvalue weighted by Crippen LogP contribution is 2.32. The van der Waals surface area contributed by atoms with E-state index in [0.717, 1.165) is 33.2 Å². The molecule has 6 heteroatoms. The minimum absolute atomic E-state index is 0.789. The number of nitrogens with two attached hydrogens (primary N) is 1. The molecule has 1 aliphatic heterocycles. The van der Waals surface area contributed by atoms with Crippen molar-refractivity contribution in [1.29, 1.82) is 0 Å². The van der Waals surface area contributed by atoms with Gasteiger partial charge in [-0.25, -0.2) is 4.98 Å². The molecule has 3 aromatic rings. The van der Waals surface area contributed by atoms with Gasteiger partial charge in [-0.1, -0.05) is 0 Å². The van der Waals surface area contributed by atoms with Gasteiger partial charge in [0.25, 0.3) is 0 Å². The van der Waals surface area contributed by atoms with Crippen LogP contribution < -0.4 is 20.8 Å². The van der Waals surface area contributed by atoms with E-state index in [-0.39, 0.29) is 0 Å². The van der Waals surface area contributed by atoms with E-state index in [0.29, 0.717) is 0 Å². The van der Waals surface area contributed by atoms with Crippen LogP contribution in [0.4, 0.5) is 5.69 Å². The predicted molar refractivity (Wildman–Crippen MR) is 106 cm³/mol. The summed E-state index contributed by atoms with van der Waals surface area (Å²) < 4.78 is 11.9. The summed E-state index contributed by atoms with van der Waals surface area (Å²) in [5.41, 5.74) is 9.11. The highest BCUT2D eigenvalue weighted by Gasteiger charge is 2.46. The van der Waals surface area contributed by atoms with E-state index < -0.39 is 16.6 Å². The Hall–Kier alpha value is -1.90. The molecule has 24 heavy (non-hydrogen) atoms. The fourth-order valence-corrected chi connectivity index (χ4v) is 14.1. The molecule has 4 rings (SSSR count). The molecular weight excluding hydrogens is 332 g/mol. The average Bonchev–Trinajstić information content (AvgIpc) is 2.70. The molecule has 124 valence electrons. The first kappa shape index (κ1) is 15.6. The Labute approximate surface area is 143 Å². The third-order valence-corrected chi connectivity index (χ3v) is 12.7. The van der Waals surface area contributed by atoms with Crippen LogP contribution in [0.5, 0.6) is 5.75 Å². The number of nitrogens with zero attached hydrogens (tertiary/aromatic N) is 1. The van der Waals surface area contributed by atoms with Gasteiger partial charge in [-0.3, -0.25) is 0 Å². The number of nitrogen functional groups attached to an aromatic ring is 1. The Morgan fingerprint density at radius 2 is 1.54 bits per heavy atom. The summed E-state index contributed by atoms with van der Waals surface area (Å²) in [6, 6.07) is 10.3. The summed E-state index contributed by atoms with van der Waals surface area (Å²) in [6.45, 7) is 9.09. The fraction of sp³-hybridized carbons (Fsp3) is 0.278. The number of hydrogen-bond acceptors (Lipinski definition) is 4. The number of rotatable bonds is 1. The summed E-state index contributed by atoms with van der Waals surface area (Å²) in [6.07, 6.45) is 0. The van der Waals surface area contributed by atoms with Crippen molar-refractivity contribution in [2.24, 2.45) is 0 Å². The van der Waals surface area contributed by atoms with Crippen molar-refractivity contribution in [3.05, 3.63) is 30.3 Å². The second kappa shape index (κ2) is 4.81. The molecular formula is C18H22N2O2Si2. The molecule has 0 saturated carbocycles. The fourth-order valence-electron chi connectivity index (χ4n) is 3.87. The molecule has 0 unspecified atom stereocenters. The molecule has 0 aliphatic carbocycles. The lowest BCUT2D eigenvalue weighted by atomic mass is 10.1. The van der Waals surface area contributed by atoms with E-state index in [9.17, 15) is 0 Å². The lowest BCUT2D eigenvalue weighted by Gasteiger charge is -2.22. The summed E-state index contributed by atoms with van der Waals surface area (Å²) >= 11 is 0. The molecule has 0 spiro atoms. The van der Waals surface area contributed by atoms with Gasteiger partial charge >= 0.3 is 0 Å². The Balaban J connectivity index is 2.09. The van der Waals surface area contributed by atoms with Gasteiger partial charge in [0.15, 0.2) is 0 Å². The summed E-state index contributed by atoms with van der Waals surface area (Å²) in [7, 11) is -2.06. The summed E-state index contributed by atoms with van der Waals surface area (Å²) in [4.78, 5) is 4.86. The molecule has 0 saturated heterocycles. The lowest BCUT2D eigenvalue weighted by Crippen LogP contribution is -2.44. The second-order valence-electron chi connectivity index (χ2n) is 7.45. The maximum absolute atomic E-state index is 6.54. The van der Waals surface area contributed by atoms with E-state index in [1.54, 1.807) is 7.11 Å². The standard InChI is InChI=1S/C18H22N2O2Si2/c1-21-11-6-7-12-14(8-11)20-15-10-17-16(9-13(15)18(12)19)23(2,3)22-24(17,4)5/h6-10H,1-5H3,(H2,19,20). The number of aromatic nitrogens is 1. The van der Waals surface area contributed by atoms with Crippen LogP contribution in [0, 0.1) is 0 Å². The van der Waals surface area contributed by atoms with Crippen molar-refractivity contribution in [2.75, 3.05) is 12.8 Å². The van der Waals surface area contributed by atoms with Crippen LogP contribution in [0.25, 0.3) is 21.8 Å². The molecule has 0 bridgehead atoms. The first-order chi connectivity index (χ1) is 11.2. The number of fused-ring (bicyclic) bond motifs is 3. The molecule has 2 aromatic carbocycles. The van der Waals surface area contributed by atoms with Crippen LogP contribution in [-0.4, -0.2) is 28.7 Å². The van der Waals surface area contributed by atoms with Crippen LogP contribution >= 0.6 is 0 Å². The van der Waals surface area contributed by atoms with E-state index in [1.807, 2.05) is 18.2 Å². The summed E-state index contributed by atoms with van der Waals surface area (Å²) in [5, 5.41) is 4.76. The maximum atomic E-state index is 6.54. The Kier molecular flexibility index (Phi) is 3.13. The Bertz CT molecular complexity index is 999. The molecule has 4 nitrogen and oxygen atoms in total. The van der Waals surface area contributed by atoms with Gasteiger partial charge in [-0.15, -0.1) is 0 Å². The van der Waals surface area contributed by atoms with Crippen molar-refractivity contribution in [1.82, 2.24) is 4.98 Å². The van der Waals surface area contributed by atoms with E-state index in [4.69, 9.17) is 19.6 Å². The second-order valence-corrected chi connectivity index (χ2v) is 15.4. The van der Waals surface area contributed by atoms with Gasteiger partial charge in [-0.05, 0) is 60.8 Å². The molecule has 2 heterocycles. The zero-order chi connectivity index (χ0) is 17.3. The third kappa shape index (κ3) is 2.10. The number of anilines is 1. The molecule has 0 radical (unpaired) electrons. The average molecular weight is 355 g/mol. The van der Waals surface area contributed by atoms with Crippen LogP contribution in [0.3, 0.4) is 0 Å². The molecule has 0 fully saturated rings. The molecule has 0 atom stereocenters. The van der Waals surface area contributed by atoms with Crippen LogP contribution in [0.15, 0.2) is 30.3 Å². The first-order valence-electron chi connectivity index (χ1n) is 8.15. The van der Waals surface area contributed by atoms with Gasteiger partial charge < -0.3 is 14.6 Å². The minimum Gasteiger partial charge on any atom is -0.497 e. The highest BCUT2D eigenvalue weighted by atomic mass is 28.4. The Morgan fingerprint density at radius 1 is 0.917 bits per heavy atom. The topological polar surface area (TPSA) is 57.4 Å². The number of hydrogen-bond donors (Lipinski definition) is 1. The van der Waals surface area contributed by atoms with E-state index >= 15 is 0 Å². The van der Waals surface area contributed by atoms with Gasteiger partial charge in [0.1, 0.15) is 5.75 Å². The number of methoxy groups -OCH3 is 1. The molecule has 1 aromatic heterocycles. The number of benzene rings is 2. The van der Waals surface area contributed by atoms with Crippen molar-refractivity contribution in [3.8, 4) is 5.75 Å². The molecule has 0 amide bonds. The highest BCUT2D eigenvalue weighted by molar-refractivity contribution is 7.06. The van der Waals surface area contributed by atoms with E-state index in [1.165, 1.54) is 10.4 Å². The zero-order valence-electron chi connectivity index (χ0n) is 14.7. The first-order valence-corrected chi connectivity index (χ1v) is 14.0. The van der Waals surface area contributed by atoms with Gasteiger partial charge in [0, 0.05) is 16.8 Å².